The molecule has 20 heavy (non-hydrogen) atoms. The Morgan fingerprint density at radius 3 is 2.90 bits per heavy atom. The zero-order chi connectivity index (χ0) is 14.5. The first kappa shape index (κ1) is 15.0. The summed E-state index contributed by atoms with van der Waals surface area (Å²) in [5.41, 5.74) is 1.46. The van der Waals surface area contributed by atoms with E-state index in [1.54, 1.807) is 6.07 Å². The molecule has 1 aliphatic heterocycles. The number of hydrogen-bond donors (Lipinski definition) is 1. The first-order valence-electron chi connectivity index (χ1n) is 7.29. The monoisotopic (exact) mass is 275 g/mol. The number of rotatable bonds is 3. The van der Waals surface area contributed by atoms with Gasteiger partial charge in [-0.15, -0.1) is 0 Å². The van der Waals surface area contributed by atoms with Gasteiger partial charge in [-0.05, 0) is 43.9 Å². The fourth-order valence-electron chi connectivity index (χ4n) is 2.96. The molecule has 108 valence electrons. The molecule has 1 heterocycles. The third kappa shape index (κ3) is 3.39. The fourth-order valence-corrected chi connectivity index (χ4v) is 2.96. The van der Waals surface area contributed by atoms with Crippen molar-refractivity contribution in [3.63, 3.8) is 0 Å². The predicted octanol–water partition coefficient (Wildman–Crippen LogP) is 2.93. The van der Waals surface area contributed by atoms with Crippen molar-refractivity contribution in [3.8, 4) is 11.8 Å². The minimum absolute atomic E-state index is 0.245. The standard InChI is InChI=1S/C17H22FNO/c1-3-16-8-6-13(2)19(16)12-14-7-9-17(18)15(11-14)5-4-10-20/h7,9,11,13,16,20H,3,6,8,10,12H2,1-2H3. The minimum atomic E-state index is -0.323. The van der Waals surface area contributed by atoms with Crippen molar-refractivity contribution in [3.05, 3.63) is 35.1 Å². The molecule has 2 rings (SSSR count). The van der Waals surface area contributed by atoms with Crippen LogP contribution in [0.25, 0.3) is 0 Å². The van der Waals surface area contributed by atoms with Gasteiger partial charge in [0.1, 0.15) is 12.4 Å². The molecule has 0 radical (unpaired) electrons. The highest BCUT2D eigenvalue weighted by atomic mass is 19.1. The molecule has 0 amide bonds. The Labute approximate surface area is 120 Å². The van der Waals surface area contributed by atoms with E-state index >= 15 is 0 Å². The maximum absolute atomic E-state index is 13.6. The van der Waals surface area contributed by atoms with Crippen molar-refractivity contribution >= 4 is 0 Å². The maximum atomic E-state index is 13.6. The van der Waals surface area contributed by atoms with E-state index in [9.17, 15) is 4.39 Å². The third-order valence-corrected chi connectivity index (χ3v) is 4.12. The lowest BCUT2D eigenvalue weighted by Gasteiger charge is -2.27. The summed E-state index contributed by atoms with van der Waals surface area (Å²) >= 11 is 0. The first-order chi connectivity index (χ1) is 9.65. The molecule has 0 aliphatic carbocycles. The average molecular weight is 275 g/mol. The number of nitrogens with zero attached hydrogens (tertiary/aromatic N) is 1. The Morgan fingerprint density at radius 2 is 2.20 bits per heavy atom. The van der Waals surface area contributed by atoms with E-state index in [1.807, 2.05) is 6.07 Å². The van der Waals surface area contributed by atoms with Gasteiger partial charge in [0, 0.05) is 18.6 Å². The first-order valence-corrected chi connectivity index (χ1v) is 7.29. The van der Waals surface area contributed by atoms with Crippen molar-refractivity contribution in [1.82, 2.24) is 4.90 Å². The number of halogens is 1. The number of likely N-dealkylation sites (tertiary alicyclic amines) is 1. The smallest absolute Gasteiger partial charge is 0.138 e. The highest BCUT2D eigenvalue weighted by Crippen LogP contribution is 2.28. The van der Waals surface area contributed by atoms with Crippen LogP contribution in [0.3, 0.4) is 0 Å². The van der Waals surface area contributed by atoms with E-state index in [4.69, 9.17) is 5.11 Å². The molecule has 1 aromatic rings. The molecule has 1 saturated heterocycles. The second-order valence-corrected chi connectivity index (χ2v) is 5.43. The summed E-state index contributed by atoms with van der Waals surface area (Å²) in [6.45, 7) is 5.07. The maximum Gasteiger partial charge on any atom is 0.138 e. The van der Waals surface area contributed by atoms with Gasteiger partial charge in [0.2, 0.25) is 0 Å². The average Bonchev–Trinajstić information content (AvgIpc) is 2.80. The summed E-state index contributed by atoms with van der Waals surface area (Å²) < 4.78 is 13.6. The van der Waals surface area contributed by atoms with Crippen LogP contribution in [0.5, 0.6) is 0 Å². The largest absolute Gasteiger partial charge is 0.384 e. The quantitative estimate of drug-likeness (QED) is 0.857. The van der Waals surface area contributed by atoms with E-state index in [0.29, 0.717) is 17.6 Å². The van der Waals surface area contributed by atoms with Crippen LogP contribution in [0.4, 0.5) is 4.39 Å². The number of benzene rings is 1. The molecule has 0 bridgehead atoms. The molecule has 1 fully saturated rings. The van der Waals surface area contributed by atoms with Gasteiger partial charge in [0.25, 0.3) is 0 Å². The van der Waals surface area contributed by atoms with Crippen LogP contribution in [-0.2, 0) is 6.54 Å². The second-order valence-electron chi connectivity index (χ2n) is 5.43. The number of aliphatic hydroxyl groups excluding tert-OH is 1. The summed E-state index contributed by atoms with van der Waals surface area (Å²) in [4.78, 5) is 2.50. The Balaban J connectivity index is 2.17. The van der Waals surface area contributed by atoms with E-state index in [-0.39, 0.29) is 12.4 Å². The highest BCUT2D eigenvalue weighted by molar-refractivity contribution is 5.38. The van der Waals surface area contributed by atoms with Crippen molar-refractivity contribution in [1.29, 1.82) is 0 Å². The van der Waals surface area contributed by atoms with E-state index in [0.717, 1.165) is 18.5 Å². The van der Waals surface area contributed by atoms with Gasteiger partial charge in [-0.1, -0.05) is 24.8 Å². The van der Waals surface area contributed by atoms with Gasteiger partial charge >= 0.3 is 0 Å². The van der Waals surface area contributed by atoms with Crippen molar-refractivity contribution in [2.75, 3.05) is 6.61 Å². The minimum Gasteiger partial charge on any atom is -0.384 e. The van der Waals surface area contributed by atoms with Crippen LogP contribution in [0.2, 0.25) is 0 Å². The molecule has 0 spiro atoms. The summed E-state index contributed by atoms with van der Waals surface area (Å²) in [6, 6.07) is 6.31. The Hall–Kier alpha value is -1.37. The topological polar surface area (TPSA) is 23.5 Å². The van der Waals surface area contributed by atoms with Gasteiger partial charge in [-0.25, -0.2) is 4.39 Å². The van der Waals surface area contributed by atoms with Crippen LogP contribution in [0.1, 0.15) is 44.2 Å². The van der Waals surface area contributed by atoms with Crippen molar-refractivity contribution in [2.24, 2.45) is 0 Å². The fraction of sp³-hybridized carbons (Fsp3) is 0.529. The molecule has 1 aromatic carbocycles. The lowest BCUT2D eigenvalue weighted by molar-refractivity contribution is 0.189. The van der Waals surface area contributed by atoms with Crippen molar-refractivity contribution in [2.45, 2.75) is 51.7 Å². The zero-order valence-corrected chi connectivity index (χ0v) is 12.2. The van der Waals surface area contributed by atoms with Crippen LogP contribution >= 0.6 is 0 Å². The summed E-state index contributed by atoms with van der Waals surface area (Å²) in [7, 11) is 0. The number of hydrogen-bond acceptors (Lipinski definition) is 2. The highest BCUT2D eigenvalue weighted by Gasteiger charge is 2.28. The lowest BCUT2D eigenvalue weighted by atomic mass is 10.1. The van der Waals surface area contributed by atoms with Crippen LogP contribution in [0, 0.1) is 17.7 Å². The SMILES string of the molecule is CCC1CCC(C)N1Cc1ccc(F)c(C#CCO)c1. The van der Waals surface area contributed by atoms with E-state index < -0.39 is 0 Å². The zero-order valence-electron chi connectivity index (χ0n) is 12.2. The van der Waals surface area contributed by atoms with Crippen LogP contribution in [0.15, 0.2) is 18.2 Å². The molecule has 0 saturated carbocycles. The van der Waals surface area contributed by atoms with E-state index in [1.165, 1.54) is 18.9 Å². The van der Waals surface area contributed by atoms with Gasteiger partial charge in [-0.2, -0.15) is 0 Å². The summed E-state index contributed by atoms with van der Waals surface area (Å²) in [6.07, 6.45) is 3.63. The Kier molecular flexibility index (Phi) is 5.17. The van der Waals surface area contributed by atoms with Gasteiger partial charge in [0.15, 0.2) is 0 Å². The molecular weight excluding hydrogens is 253 g/mol. The molecular formula is C17H22FNO. The van der Waals surface area contributed by atoms with Crippen molar-refractivity contribution < 1.29 is 9.50 Å². The normalized spacial score (nSPS) is 22.6. The molecule has 1 aliphatic rings. The Bertz CT molecular complexity index is 517. The predicted molar refractivity (Wildman–Crippen MR) is 78.7 cm³/mol. The van der Waals surface area contributed by atoms with Gasteiger partial charge in [0.05, 0.1) is 5.56 Å². The molecule has 3 heteroatoms. The molecule has 0 aromatic heterocycles. The molecule has 2 atom stereocenters. The third-order valence-electron chi connectivity index (χ3n) is 4.12. The number of aliphatic hydroxyl groups is 1. The molecule has 2 unspecified atom stereocenters. The Morgan fingerprint density at radius 1 is 1.40 bits per heavy atom. The van der Waals surface area contributed by atoms with Crippen LogP contribution < -0.4 is 0 Å². The second kappa shape index (κ2) is 6.88. The van der Waals surface area contributed by atoms with Gasteiger partial charge < -0.3 is 5.11 Å². The van der Waals surface area contributed by atoms with Gasteiger partial charge in [-0.3, -0.25) is 4.90 Å². The van der Waals surface area contributed by atoms with E-state index in [2.05, 4.69) is 30.6 Å². The van der Waals surface area contributed by atoms with Crippen LogP contribution in [-0.4, -0.2) is 28.7 Å². The summed E-state index contributed by atoms with van der Waals surface area (Å²) in [5, 5.41) is 8.71. The molecule has 2 nitrogen and oxygen atoms in total. The lowest BCUT2D eigenvalue weighted by Crippen LogP contribution is -2.33. The summed E-state index contributed by atoms with van der Waals surface area (Å²) in [5.74, 6) is 4.85. The molecule has 1 N–H and O–H groups in total.